The van der Waals surface area contributed by atoms with E-state index in [1.807, 2.05) is 20.8 Å². The molecule has 9 heteroatoms. The van der Waals surface area contributed by atoms with E-state index in [1.54, 1.807) is 4.90 Å². The Morgan fingerprint density at radius 2 is 1.24 bits per heavy atom. The average Bonchev–Trinajstić information content (AvgIpc) is 3.35. The second-order valence-corrected chi connectivity index (χ2v) is 7.62. The van der Waals surface area contributed by atoms with Crippen molar-refractivity contribution in [2.75, 3.05) is 72.5 Å². The molecule has 9 nitrogen and oxygen atoms in total. The predicted octanol–water partition coefficient (Wildman–Crippen LogP) is 3.10. The van der Waals surface area contributed by atoms with Gasteiger partial charge in [-0.1, -0.05) is 34.6 Å². The molecular weight excluding hydrogens is 440 g/mol. The van der Waals surface area contributed by atoms with Gasteiger partial charge in [-0.25, -0.2) is 0 Å². The van der Waals surface area contributed by atoms with E-state index in [9.17, 15) is 9.59 Å². The Balaban J connectivity index is -0.000000922. The number of likely N-dealkylation sites (tertiary alicyclic amines) is 1. The molecule has 1 saturated heterocycles. The standard InChI is InChI=1S/C17H32N2O6.C4H10.C2H4O.C2H6/c1-2-22-9-10-24-13-14-25-12-11-23-8-5-16(20)18-15-17(21)19-6-3-4-7-19;1-4(2)3;1-2-3;1-2/h2-15H2,1H3,(H,18,20);4H,1-3H3;2H,1H3;1-2H3. The van der Waals surface area contributed by atoms with Crippen molar-refractivity contribution in [3.63, 3.8) is 0 Å². The van der Waals surface area contributed by atoms with Gasteiger partial charge in [0.25, 0.3) is 0 Å². The summed E-state index contributed by atoms with van der Waals surface area (Å²) in [7, 11) is 0. The average molecular weight is 493 g/mol. The minimum absolute atomic E-state index is 0.0105. The lowest BCUT2D eigenvalue weighted by Gasteiger charge is -2.15. The first-order chi connectivity index (χ1) is 16.4. The summed E-state index contributed by atoms with van der Waals surface area (Å²) in [5.41, 5.74) is 0. The van der Waals surface area contributed by atoms with Crippen molar-refractivity contribution >= 4 is 18.1 Å². The monoisotopic (exact) mass is 492 g/mol. The van der Waals surface area contributed by atoms with E-state index in [-0.39, 0.29) is 24.8 Å². The van der Waals surface area contributed by atoms with Gasteiger partial charge in [0.1, 0.15) is 6.29 Å². The molecular formula is C25H52N2O7. The fourth-order valence-corrected chi connectivity index (χ4v) is 2.31. The van der Waals surface area contributed by atoms with Gasteiger partial charge in [-0.3, -0.25) is 9.59 Å². The number of carbonyl (C=O) groups excluding carboxylic acids is 3. The highest BCUT2D eigenvalue weighted by atomic mass is 16.6. The first-order valence-electron chi connectivity index (χ1n) is 12.6. The molecule has 0 saturated carbocycles. The lowest BCUT2D eigenvalue weighted by molar-refractivity contribution is -0.132. The lowest BCUT2D eigenvalue weighted by atomic mass is 10.3. The number of carbonyl (C=O) groups is 3. The Morgan fingerprint density at radius 3 is 1.65 bits per heavy atom. The van der Waals surface area contributed by atoms with Gasteiger partial charge < -0.3 is 34.0 Å². The van der Waals surface area contributed by atoms with Gasteiger partial charge in [-0.05, 0) is 32.6 Å². The second-order valence-electron chi connectivity index (χ2n) is 7.62. The smallest absolute Gasteiger partial charge is 0.241 e. The van der Waals surface area contributed by atoms with E-state index in [2.05, 4.69) is 26.1 Å². The highest BCUT2D eigenvalue weighted by Crippen LogP contribution is 2.06. The molecule has 1 aliphatic heterocycles. The molecule has 0 aromatic heterocycles. The van der Waals surface area contributed by atoms with Crippen molar-refractivity contribution in [2.24, 2.45) is 5.92 Å². The van der Waals surface area contributed by atoms with Crippen LogP contribution in [0, 0.1) is 5.92 Å². The summed E-state index contributed by atoms with van der Waals surface area (Å²) in [6.45, 7) is 19.7. The first-order valence-corrected chi connectivity index (χ1v) is 12.6. The van der Waals surface area contributed by atoms with Gasteiger partial charge in [-0.15, -0.1) is 0 Å². The zero-order valence-electron chi connectivity index (χ0n) is 22.9. The summed E-state index contributed by atoms with van der Waals surface area (Å²) in [5, 5.41) is 2.63. The molecule has 0 bridgehead atoms. The van der Waals surface area contributed by atoms with Crippen LogP contribution < -0.4 is 5.32 Å². The summed E-state index contributed by atoms with van der Waals surface area (Å²) in [5.74, 6) is 0.653. The minimum Gasteiger partial charge on any atom is -0.379 e. The van der Waals surface area contributed by atoms with Gasteiger partial charge in [0.15, 0.2) is 0 Å². The maximum absolute atomic E-state index is 11.8. The molecule has 1 heterocycles. The predicted molar refractivity (Wildman–Crippen MR) is 136 cm³/mol. The molecule has 1 rings (SSSR count). The van der Waals surface area contributed by atoms with E-state index in [0.29, 0.717) is 52.9 Å². The minimum atomic E-state index is -0.170. The number of ether oxygens (including phenoxy) is 4. The zero-order chi connectivity index (χ0) is 26.5. The van der Waals surface area contributed by atoms with Crippen LogP contribution in [-0.2, 0) is 33.3 Å². The molecule has 0 aliphatic carbocycles. The maximum Gasteiger partial charge on any atom is 0.241 e. The van der Waals surface area contributed by atoms with Gasteiger partial charge in [0.05, 0.1) is 52.8 Å². The molecule has 34 heavy (non-hydrogen) atoms. The van der Waals surface area contributed by atoms with Crippen LogP contribution in [0.1, 0.15) is 67.7 Å². The van der Waals surface area contributed by atoms with E-state index < -0.39 is 0 Å². The van der Waals surface area contributed by atoms with Crippen LogP contribution in [-0.4, -0.2) is 95.5 Å². The third kappa shape index (κ3) is 32.6. The first kappa shape index (κ1) is 37.0. The third-order valence-electron chi connectivity index (χ3n) is 3.69. The number of nitrogens with zero attached hydrogens (tertiary/aromatic N) is 1. The Morgan fingerprint density at radius 1 is 0.853 bits per heavy atom. The summed E-state index contributed by atoms with van der Waals surface area (Å²) < 4.78 is 21.1. The number of hydrogen-bond acceptors (Lipinski definition) is 7. The molecule has 0 spiro atoms. The highest BCUT2D eigenvalue weighted by Gasteiger charge is 2.17. The van der Waals surface area contributed by atoms with Crippen LogP contribution in [0.25, 0.3) is 0 Å². The largest absolute Gasteiger partial charge is 0.379 e. The van der Waals surface area contributed by atoms with Crippen LogP contribution in [0.2, 0.25) is 0 Å². The third-order valence-corrected chi connectivity index (χ3v) is 3.69. The molecule has 1 aliphatic rings. The van der Waals surface area contributed by atoms with Crippen molar-refractivity contribution in [3.8, 4) is 0 Å². The van der Waals surface area contributed by atoms with Crippen LogP contribution in [0.3, 0.4) is 0 Å². The number of nitrogens with one attached hydrogen (secondary N) is 1. The normalized spacial score (nSPS) is 11.9. The Bertz CT molecular complexity index is 440. The molecule has 2 amide bonds. The van der Waals surface area contributed by atoms with Gasteiger partial charge in [0, 0.05) is 26.1 Å². The quantitative estimate of drug-likeness (QED) is 0.277. The zero-order valence-corrected chi connectivity index (χ0v) is 22.9. The van der Waals surface area contributed by atoms with Crippen molar-refractivity contribution in [2.45, 2.75) is 67.7 Å². The molecule has 0 atom stereocenters. The van der Waals surface area contributed by atoms with Crippen molar-refractivity contribution < 1.29 is 33.3 Å². The highest BCUT2D eigenvalue weighted by molar-refractivity contribution is 5.84. The summed E-state index contributed by atoms with van der Waals surface area (Å²) in [4.78, 5) is 34.0. The number of hydrogen-bond donors (Lipinski definition) is 1. The summed E-state index contributed by atoms with van der Waals surface area (Å²) in [6.07, 6.45) is 3.10. The van der Waals surface area contributed by atoms with Crippen LogP contribution in [0.5, 0.6) is 0 Å². The van der Waals surface area contributed by atoms with E-state index in [4.69, 9.17) is 23.7 Å². The fourth-order valence-electron chi connectivity index (χ4n) is 2.31. The maximum atomic E-state index is 11.8. The van der Waals surface area contributed by atoms with Gasteiger partial charge >= 0.3 is 0 Å². The summed E-state index contributed by atoms with van der Waals surface area (Å²) >= 11 is 0. The summed E-state index contributed by atoms with van der Waals surface area (Å²) in [6, 6.07) is 0. The van der Waals surface area contributed by atoms with Crippen LogP contribution in [0.15, 0.2) is 0 Å². The van der Waals surface area contributed by atoms with E-state index in [0.717, 1.165) is 38.1 Å². The van der Waals surface area contributed by atoms with E-state index in [1.165, 1.54) is 6.92 Å². The number of amides is 2. The Labute approximate surface area is 208 Å². The lowest BCUT2D eigenvalue weighted by Crippen LogP contribution is -2.38. The van der Waals surface area contributed by atoms with Crippen molar-refractivity contribution in [1.29, 1.82) is 0 Å². The molecule has 1 N–H and O–H groups in total. The van der Waals surface area contributed by atoms with Gasteiger partial charge in [0.2, 0.25) is 11.8 Å². The number of rotatable bonds is 15. The molecule has 0 aromatic carbocycles. The molecule has 0 aromatic rings. The van der Waals surface area contributed by atoms with E-state index >= 15 is 0 Å². The van der Waals surface area contributed by atoms with Crippen LogP contribution >= 0.6 is 0 Å². The second kappa shape index (κ2) is 31.5. The Hall–Kier alpha value is -1.55. The number of aldehydes is 1. The molecule has 1 fully saturated rings. The van der Waals surface area contributed by atoms with Gasteiger partial charge in [-0.2, -0.15) is 0 Å². The van der Waals surface area contributed by atoms with Crippen molar-refractivity contribution in [3.05, 3.63) is 0 Å². The topological polar surface area (TPSA) is 103 Å². The molecule has 204 valence electrons. The fraction of sp³-hybridized carbons (Fsp3) is 0.880. The van der Waals surface area contributed by atoms with Crippen molar-refractivity contribution in [1.82, 2.24) is 10.2 Å². The SMILES string of the molecule is CC.CC(C)C.CC=O.CCOCCOCCOCCOCCC(=O)NCC(=O)N1CCCC1. The molecule has 0 unspecified atom stereocenters. The molecule has 0 radical (unpaired) electrons. The Kier molecular flexibility index (Phi) is 34.2. The van der Waals surface area contributed by atoms with Crippen LogP contribution in [0.4, 0.5) is 0 Å².